The lowest BCUT2D eigenvalue weighted by atomic mass is 9.82. The number of carboxylic acids is 1. The molecule has 0 bridgehead atoms. The van der Waals surface area contributed by atoms with Gasteiger partial charge in [-0.25, -0.2) is 0 Å². The van der Waals surface area contributed by atoms with Gasteiger partial charge in [-0.3, -0.25) is 38.6 Å². The minimum atomic E-state index is -1.02. The van der Waals surface area contributed by atoms with Gasteiger partial charge in [-0.05, 0) is 26.0 Å². The highest BCUT2D eigenvalue weighted by Crippen LogP contribution is 2.29. The fourth-order valence-corrected chi connectivity index (χ4v) is 3.94. The van der Waals surface area contributed by atoms with Gasteiger partial charge < -0.3 is 14.7 Å². The van der Waals surface area contributed by atoms with E-state index in [-0.39, 0.29) is 32.7 Å². The van der Waals surface area contributed by atoms with Crippen molar-refractivity contribution in [3.8, 4) is 0 Å². The summed E-state index contributed by atoms with van der Waals surface area (Å²) in [6, 6.07) is 0. The molecule has 0 aromatic heterocycles. The first-order valence-electron chi connectivity index (χ1n) is 10.8. The number of imide groups is 2. The largest absolute Gasteiger partial charge is 0.481 e. The van der Waals surface area contributed by atoms with Crippen molar-refractivity contribution in [1.82, 2.24) is 14.7 Å². The molecule has 0 spiro atoms. The number of carbonyl (C=O) groups is 6. The second kappa shape index (κ2) is 12.7. The van der Waals surface area contributed by atoms with Crippen LogP contribution in [-0.2, 0) is 33.5 Å². The van der Waals surface area contributed by atoms with Gasteiger partial charge >= 0.3 is 5.97 Å². The van der Waals surface area contributed by atoms with E-state index >= 15 is 0 Å². The van der Waals surface area contributed by atoms with Crippen molar-refractivity contribution in [2.24, 2.45) is 5.41 Å². The van der Waals surface area contributed by atoms with E-state index in [1.807, 2.05) is 4.90 Å². The Balaban J connectivity index is 2.21. The Bertz CT molecular complexity index is 874. The number of hydrogen-bond acceptors (Lipinski definition) is 8. The number of amides is 4. The molecule has 1 atom stereocenters. The standard InChI is InChI=1S/C23H29N3O8/c1-24(11-2-3-13-27)15-23(17-34-14-9-22(32)33,16-26-20(30)7-8-21(26)31)10-4-12-25-18(28)5-6-19(25)29/h2-3,5-8,13H,4,9-12,14-17H2,1H3,(H,32,33)/b3-2-. The molecule has 2 aliphatic heterocycles. The monoisotopic (exact) mass is 475 g/mol. The van der Waals surface area contributed by atoms with Gasteiger partial charge in [-0.2, -0.15) is 0 Å². The zero-order valence-corrected chi connectivity index (χ0v) is 19.1. The van der Waals surface area contributed by atoms with Crippen LogP contribution in [0.1, 0.15) is 19.3 Å². The number of hydrogen-bond donors (Lipinski definition) is 1. The predicted molar refractivity (Wildman–Crippen MR) is 119 cm³/mol. The summed E-state index contributed by atoms with van der Waals surface area (Å²) in [7, 11) is 1.80. The van der Waals surface area contributed by atoms with Gasteiger partial charge in [0.2, 0.25) is 0 Å². The summed E-state index contributed by atoms with van der Waals surface area (Å²) < 4.78 is 5.67. The van der Waals surface area contributed by atoms with Gasteiger partial charge in [0, 0.05) is 55.9 Å². The summed E-state index contributed by atoms with van der Waals surface area (Å²) in [5.74, 6) is -2.75. The zero-order valence-electron chi connectivity index (χ0n) is 19.1. The van der Waals surface area contributed by atoms with Gasteiger partial charge in [0.15, 0.2) is 0 Å². The van der Waals surface area contributed by atoms with Gasteiger partial charge in [0.05, 0.1) is 19.6 Å². The van der Waals surface area contributed by atoms with E-state index in [0.717, 1.165) is 9.80 Å². The van der Waals surface area contributed by atoms with Crippen molar-refractivity contribution in [3.05, 3.63) is 36.5 Å². The van der Waals surface area contributed by atoms with Gasteiger partial charge in [-0.15, -0.1) is 0 Å². The molecule has 0 saturated carbocycles. The van der Waals surface area contributed by atoms with Crippen LogP contribution in [0.25, 0.3) is 0 Å². The number of aldehydes is 1. The van der Waals surface area contributed by atoms with Crippen molar-refractivity contribution in [2.75, 3.05) is 46.4 Å². The Hall–Kier alpha value is -3.44. The third-order valence-electron chi connectivity index (χ3n) is 5.49. The highest BCUT2D eigenvalue weighted by Gasteiger charge is 2.38. The number of allylic oxidation sites excluding steroid dienone is 1. The van der Waals surface area contributed by atoms with E-state index in [1.165, 1.54) is 30.4 Å². The van der Waals surface area contributed by atoms with Crippen molar-refractivity contribution in [3.63, 3.8) is 0 Å². The average Bonchev–Trinajstić information content (AvgIpc) is 3.27. The predicted octanol–water partition coefficient (Wildman–Crippen LogP) is -0.219. The van der Waals surface area contributed by atoms with Gasteiger partial charge in [0.1, 0.15) is 6.29 Å². The molecule has 0 aliphatic carbocycles. The summed E-state index contributed by atoms with van der Waals surface area (Å²) in [5, 5.41) is 8.92. The van der Waals surface area contributed by atoms with Crippen LogP contribution in [0.2, 0.25) is 0 Å². The summed E-state index contributed by atoms with van der Waals surface area (Å²) in [6.07, 6.45) is 8.97. The Morgan fingerprint density at radius 2 is 1.65 bits per heavy atom. The molecule has 0 aromatic carbocycles. The quantitative estimate of drug-likeness (QED) is 0.139. The number of likely N-dealkylation sites (N-methyl/N-ethyl adjacent to an activating group) is 1. The minimum absolute atomic E-state index is 0.00656. The Kier molecular flexibility index (Phi) is 10.0. The molecule has 184 valence electrons. The van der Waals surface area contributed by atoms with Crippen LogP contribution in [0.3, 0.4) is 0 Å². The number of aliphatic carboxylic acids is 1. The van der Waals surface area contributed by atoms with E-state index in [2.05, 4.69) is 0 Å². The molecule has 2 heterocycles. The maximum absolute atomic E-state index is 12.3. The van der Waals surface area contributed by atoms with E-state index in [1.54, 1.807) is 13.1 Å². The van der Waals surface area contributed by atoms with Crippen molar-refractivity contribution in [1.29, 1.82) is 0 Å². The molecule has 0 radical (unpaired) electrons. The molecule has 0 saturated heterocycles. The molecule has 2 rings (SSSR count). The van der Waals surface area contributed by atoms with E-state index in [9.17, 15) is 28.8 Å². The first-order chi connectivity index (χ1) is 16.2. The lowest BCUT2D eigenvalue weighted by Crippen LogP contribution is -2.49. The molecule has 2 aliphatic rings. The van der Waals surface area contributed by atoms with Crippen LogP contribution in [0, 0.1) is 5.41 Å². The van der Waals surface area contributed by atoms with E-state index in [0.29, 0.717) is 32.2 Å². The molecule has 0 fully saturated rings. The number of nitrogens with zero attached hydrogens (tertiary/aromatic N) is 3. The second-order valence-corrected chi connectivity index (χ2v) is 8.32. The van der Waals surface area contributed by atoms with Crippen LogP contribution in [0.4, 0.5) is 0 Å². The lowest BCUT2D eigenvalue weighted by Gasteiger charge is -2.39. The van der Waals surface area contributed by atoms with Crippen molar-refractivity contribution >= 4 is 35.9 Å². The maximum Gasteiger partial charge on any atom is 0.305 e. The fraction of sp³-hybridized carbons (Fsp3) is 0.478. The summed E-state index contributed by atoms with van der Waals surface area (Å²) >= 11 is 0. The van der Waals surface area contributed by atoms with Crippen LogP contribution >= 0.6 is 0 Å². The Morgan fingerprint density at radius 1 is 1.06 bits per heavy atom. The fourth-order valence-electron chi connectivity index (χ4n) is 3.94. The summed E-state index contributed by atoms with van der Waals surface area (Å²) in [4.78, 5) is 73.9. The molecule has 11 heteroatoms. The maximum atomic E-state index is 12.3. The zero-order chi connectivity index (χ0) is 25.1. The number of carbonyl (C=O) groups excluding carboxylic acids is 5. The Labute approximate surface area is 197 Å². The molecule has 1 N–H and O–H groups in total. The number of ether oxygens (including phenoxy) is 1. The van der Waals surface area contributed by atoms with Crippen molar-refractivity contribution < 1.29 is 38.6 Å². The van der Waals surface area contributed by atoms with E-state index < -0.39 is 35.0 Å². The third kappa shape index (κ3) is 7.85. The first-order valence-corrected chi connectivity index (χ1v) is 10.8. The average molecular weight is 475 g/mol. The molecule has 34 heavy (non-hydrogen) atoms. The van der Waals surface area contributed by atoms with Crippen molar-refractivity contribution in [2.45, 2.75) is 19.3 Å². The summed E-state index contributed by atoms with van der Waals surface area (Å²) in [6.45, 7) is 0.879. The second-order valence-electron chi connectivity index (χ2n) is 8.32. The molecular weight excluding hydrogens is 446 g/mol. The van der Waals surface area contributed by atoms with Crippen LogP contribution < -0.4 is 0 Å². The molecular formula is C23H29N3O8. The highest BCUT2D eigenvalue weighted by molar-refractivity contribution is 6.13. The first kappa shape index (κ1) is 26.8. The van der Waals surface area contributed by atoms with Gasteiger partial charge in [0.25, 0.3) is 23.6 Å². The van der Waals surface area contributed by atoms with Gasteiger partial charge in [-0.1, -0.05) is 6.08 Å². The highest BCUT2D eigenvalue weighted by atomic mass is 16.5. The van der Waals surface area contributed by atoms with Crippen LogP contribution in [-0.4, -0.2) is 102 Å². The minimum Gasteiger partial charge on any atom is -0.481 e. The topological polar surface area (TPSA) is 142 Å². The third-order valence-corrected chi connectivity index (χ3v) is 5.49. The normalized spacial score (nSPS) is 17.6. The molecule has 11 nitrogen and oxygen atoms in total. The number of carboxylic acid groups (broad SMARTS) is 1. The Morgan fingerprint density at radius 3 is 2.21 bits per heavy atom. The number of rotatable bonds is 16. The smallest absolute Gasteiger partial charge is 0.305 e. The van der Waals surface area contributed by atoms with E-state index in [4.69, 9.17) is 9.84 Å². The summed E-state index contributed by atoms with van der Waals surface area (Å²) in [5.41, 5.74) is -0.821. The van der Waals surface area contributed by atoms with Crippen LogP contribution in [0.15, 0.2) is 36.5 Å². The molecule has 4 amide bonds. The molecule has 1 unspecified atom stereocenters. The van der Waals surface area contributed by atoms with Crippen LogP contribution in [0.5, 0.6) is 0 Å². The molecule has 0 aromatic rings. The lowest BCUT2D eigenvalue weighted by molar-refractivity contribution is -0.140. The SMILES string of the molecule is CN(C/C=C\C=O)CC(CCCN1C(=O)C=CC1=O)(COCCC(=O)O)CN1C(=O)C=CC1=O.